The van der Waals surface area contributed by atoms with Crippen molar-refractivity contribution in [2.75, 3.05) is 13.2 Å². The van der Waals surface area contributed by atoms with E-state index in [0.717, 1.165) is 64.2 Å². The average Bonchev–Trinajstić information content (AvgIpc) is 3.37. The maximum atomic E-state index is 12.4. The minimum atomic E-state index is -0.851. The smallest absolute Gasteiger partial charge is 0.305 e. The number of esters is 1. The second-order valence-corrected chi connectivity index (χ2v) is 21.4. The Morgan fingerprint density at radius 2 is 0.704 bits per heavy atom. The van der Waals surface area contributed by atoms with Crippen molar-refractivity contribution >= 4 is 11.9 Å². The quantitative estimate of drug-likeness (QED) is 0.0321. The first-order chi connectivity index (χ1) is 35.0. The highest BCUT2D eigenvalue weighted by atomic mass is 16.5. The van der Waals surface area contributed by atoms with Gasteiger partial charge in [0.2, 0.25) is 5.91 Å². The standard InChI is InChI=1S/C65H121NO5/c1-3-5-7-9-11-13-15-17-18-19-25-29-32-35-39-43-47-51-55-59-65(70)71-60-56-52-48-44-40-36-33-30-27-24-22-20-21-23-26-28-31-34-38-42-46-50-54-58-64(69)66-62(61-67)63(68)57-53-49-45-41-37-16-14-12-10-8-6-4-2/h17-18,20,22-23,26,53,57,62-63,67-68H,3-16,19,21,24-25,27-52,54-56,58-61H2,1-2H3,(H,66,69)/b18-17-,22-20-,26-23-,57-53+. The Balaban J connectivity index is 3.44. The lowest BCUT2D eigenvalue weighted by Crippen LogP contribution is -2.45. The van der Waals surface area contributed by atoms with Gasteiger partial charge < -0.3 is 20.3 Å². The van der Waals surface area contributed by atoms with Crippen LogP contribution in [0.25, 0.3) is 0 Å². The number of hydrogen-bond acceptors (Lipinski definition) is 5. The zero-order valence-electron chi connectivity index (χ0n) is 47.5. The molecule has 3 N–H and O–H groups in total. The Morgan fingerprint density at radius 1 is 0.394 bits per heavy atom. The van der Waals surface area contributed by atoms with E-state index in [1.54, 1.807) is 6.08 Å². The van der Waals surface area contributed by atoms with Crippen molar-refractivity contribution in [1.29, 1.82) is 0 Å². The molecule has 0 spiro atoms. The maximum absolute atomic E-state index is 12.4. The van der Waals surface area contributed by atoms with Gasteiger partial charge in [-0.2, -0.15) is 0 Å². The topological polar surface area (TPSA) is 95.9 Å². The number of unbranched alkanes of at least 4 members (excludes halogenated alkanes) is 41. The van der Waals surface area contributed by atoms with Crippen molar-refractivity contribution in [1.82, 2.24) is 5.32 Å². The van der Waals surface area contributed by atoms with Crippen LogP contribution < -0.4 is 5.32 Å². The van der Waals surface area contributed by atoms with Crippen LogP contribution in [0.4, 0.5) is 0 Å². The van der Waals surface area contributed by atoms with Gasteiger partial charge >= 0.3 is 5.97 Å². The summed E-state index contributed by atoms with van der Waals surface area (Å²) in [5, 5.41) is 23.0. The lowest BCUT2D eigenvalue weighted by Gasteiger charge is -2.20. The van der Waals surface area contributed by atoms with E-state index in [2.05, 4.69) is 55.6 Å². The van der Waals surface area contributed by atoms with Crippen LogP contribution in [0, 0.1) is 0 Å². The van der Waals surface area contributed by atoms with Gasteiger partial charge in [-0.3, -0.25) is 9.59 Å². The zero-order valence-corrected chi connectivity index (χ0v) is 47.5. The summed E-state index contributed by atoms with van der Waals surface area (Å²) < 4.78 is 5.49. The predicted octanol–water partition coefficient (Wildman–Crippen LogP) is 19.7. The van der Waals surface area contributed by atoms with Gasteiger partial charge in [-0.25, -0.2) is 0 Å². The number of amides is 1. The van der Waals surface area contributed by atoms with Gasteiger partial charge in [-0.05, 0) is 89.9 Å². The molecular weight excluding hydrogens is 875 g/mol. The molecule has 0 saturated heterocycles. The Morgan fingerprint density at radius 3 is 1.08 bits per heavy atom. The maximum Gasteiger partial charge on any atom is 0.305 e. The third-order valence-corrected chi connectivity index (χ3v) is 14.3. The first kappa shape index (κ1) is 68.8. The minimum Gasteiger partial charge on any atom is -0.466 e. The molecule has 0 heterocycles. The number of nitrogens with one attached hydrogen (secondary N) is 1. The summed E-state index contributed by atoms with van der Waals surface area (Å²) in [5.74, 6) is -0.0735. The first-order valence-electron chi connectivity index (χ1n) is 31.4. The van der Waals surface area contributed by atoms with Gasteiger partial charge in [0.1, 0.15) is 0 Å². The molecule has 0 aliphatic rings. The van der Waals surface area contributed by atoms with Crippen molar-refractivity contribution in [3.8, 4) is 0 Å². The monoisotopic (exact) mass is 996 g/mol. The fraction of sp³-hybridized carbons (Fsp3) is 0.846. The van der Waals surface area contributed by atoms with Crippen LogP contribution in [0.1, 0.15) is 328 Å². The number of rotatable bonds is 58. The Labute approximate surface area is 442 Å². The van der Waals surface area contributed by atoms with Crippen LogP contribution in [-0.4, -0.2) is 47.4 Å². The Kier molecular flexibility index (Phi) is 58.5. The second kappa shape index (κ2) is 60.4. The number of hydrogen-bond donors (Lipinski definition) is 3. The number of carbonyl (C=O) groups is 2. The molecule has 0 aromatic heterocycles. The lowest BCUT2D eigenvalue weighted by atomic mass is 10.1. The molecule has 0 fully saturated rings. The molecular formula is C65H121NO5. The van der Waals surface area contributed by atoms with Gasteiger partial charge in [0, 0.05) is 12.8 Å². The summed E-state index contributed by atoms with van der Waals surface area (Å²) >= 11 is 0. The van der Waals surface area contributed by atoms with Crippen molar-refractivity contribution in [2.45, 2.75) is 341 Å². The van der Waals surface area contributed by atoms with Crippen LogP contribution in [0.5, 0.6) is 0 Å². The molecule has 0 bridgehead atoms. The van der Waals surface area contributed by atoms with Gasteiger partial charge in [0.15, 0.2) is 0 Å². The van der Waals surface area contributed by atoms with E-state index >= 15 is 0 Å². The van der Waals surface area contributed by atoms with Gasteiger partial charge in [0.05, 0.1) is 25.4 Å². The van der Waals surface area contributed by atoms with Crippen molar-refractivity contribution in [3.05, 3.63) is 48.6 Å². The molecule has 2 atom stereocenters. The predicted molar refractivity (Wildman–Crippen MR) is 310 cm³/mol. The van der Waals surface area contributed by atoms with E-state index in [1.165, 1.54) is 238 Å². The molecule has 0 aliphatic carbocycles. The normalized spacial score (nSPS) is 12.9. The van der Waals surface area contributed by atoms with Crippen LogP contribution in [0.15, 0.2) is 48.6 Å². The third-order valence-electron chi connectivity index (χ3n) is 14.3. The van der Waals surface area contributed by atoms with E-state index in [4.69, 9.17) is 4.74 Å². The van der Waals surface area contributed by atoms with E-state index in [-0.39, 0.29) is 18.5 Å². The molecule has 1 amide bonds. The minimum absolute atomic E-state index is 0.00578. The molecule has 0 aromatic rings. The first-order valence-corrected chi connectivity index (χ1v) is 31.4. The number of aliphatic hydroxyl groups is 2. The van der Waals surface area contributed by atoms with Crippen molar-refractivity contribution in [3.63, 3.8) is 0 Å². The van der Waals surface area contributed by atoms with Crippen LogP contribution in [-0.2, 0) is 14.3 Å². The molecule has 416 valence electrons. The molecule has 0 rings (SSSR count). The number of ether oxygens (including phenoxy) is 1. The molecule has 6 heteroatoms. The fourth-order valence-electron chi connectivity index (χ4n) is 9.48. The summed E-state index contributed by atoms with van der Waals surface area (Å²) in [6.45, 7) is 4.89. The molecule has 0 aliphatic heterocycles. The lowest BCUT2D eigenvalue weighted by molar-refractivity contribution is -0.143. The van der Waals surface area contributed by atoms with Crippen LogP contribution >= 0.6 is 0 Å². The molecule has 0 aromatic carbocycles. The van der Waals surface area contributed by atoms with Crippen molar-refractivity contribution in [2.24, 2.45) is 0 Å². The zero-order chi connectivity index (χ0) is 51.4. The number of allylic oxidation sites excluding steroid dienone is 7. The molecule has 0 radical (unpaired) electrons. The number of aliphatic hydroxyl groups excluding tert-OH is 2. The van der Waals surface area contributed by atoms with Gasteiger partial charge in [-0.15, -0.1) is 0 Å². The van der Waals surface area contributed by atoms with Crippen LogP contribution in [0.2, 0.25) is 0 Å². The van der Waals surface area contributed by atoms with E-state index in [1.807, 2.05) is 6.08 Å². The van der Waals surface area contributed by atoms with E-state index < -0.39 is 12.1 Å². The Bertz CT molecular complexity index is 1190. The van der Waals surface area contributed by atoms with Gasteiger partial charge in [0.25, 0.3) is 0 Å². The van der Waals surface area contributed by atoms with Crippen molar-refractivity contribution < 1.29 is 24.5 Å². The highest BCUT2D eigenvalue weighted by Gasteiger charge is 2.18. The summed E-state index contributed by atoms with van der Waals surface area (Å²) in [4.78, 5) is 24.5. The summed E-state index contributed by atoms with van der Waals surface area (Å²) in [6, 6.07) is -0.635. The van der Waals surface area contributed by atoms with E-state index in [9.17, 15) is 19.8 Å². The van der Waals surface area contributed by atoms with E-state index in [0.29, 0.717) is 19.4 Å². The van der Waals surface area contributed by atoms with Gasteiger partial charge in [-0.1, -0.05) is 274 Å². The molecule has 71 heavy (non-hydrogen) atoms. The fourth-order valence-corrected chi connectivity index (χ4v) is 9.48. The highest BCUT2D eigenvalue weighted by molar-refractivity contribution is 5.76. The highest BCUT2D eigenvalue weighted by Crippen LogP contribution is 2.16. The summed E-state index contributed by atoms with van der Waals surface area (Å²) in [5.41, 5.74) is 0. The summed E-state index contributed by atoms with van der Waals surface area (Å²) in [7, 11) is 0. The number of carbonyl (C=O) groups excluding carboxylic acids is 2. The largest absolute Gasteiger partial charge is 0.466 e. The van der Waals surface area contributed by atoms with Crippen LogP contribution in [0.3, 0.4) is 0 Å². The SMILES string of the molecule is CCCCCCCC/C=C\CCCCCCCCCCCC(=O)OCCCCCCCCCCC/C=C\C/C=C\CCCCCCCCCC(=O)NC(CO)C(O)/C=C/CCCCCCCCCCCC. The summed E-state index contributed by atoms with van der Waals surface area (Å²) in [6.07, 6.45) is 77.3. The Hall–Kier alpha value is -2.18. The molecule has 6 nitrogen and oxygen atoms in total. The molecule has 2 unspecified atom stereocenters. The third kappa shape index (κ3) is 57.0. The average molecular weight is 997 g/mol. The molecule has 0 saturated carbocycles. The second-order valence-electron chi connectivity index (χ2n) is 21.4.